The maximum atomic E-state index is 6.43. The van der Waals surface area contributed by atoms with Crippen LogP contribution >= 0.6 is 0 Å². The molecule has 0 aliphatic carbocycles. The Bertz CT molecular complexity index is 1750. The van der Waals surface area contributed by atoms with Crippen LogP contribution in [0.1, 0.15) is 26.3 Å². The number of ether oxygens (including phenoxy) is 1. The third-order valence-corrected chi connectivity index (χ3v) is 6.54. The van der Waals surface area contributed by atoms with Gasteiger partial charge >= 0.3 is 21.1 Å². The summed E-state index contributed by atoms with van der Waals surface area (Å²) in [6, 6.07) is 37.6. The minimum atomic E-state index is 0. The third-order valence-electron chi connectivity index (χ3n) is 6.54. The summed E-state index contributed by atoms with van der Waals surface area (Å²) in [6.45, 7) is 6.62. The Morgan fingerprint density at radius 1 is 0.658 bits per heavy atom. The van der Waals surface area contributed by atoms with Crippen LogP contribution in [0.2, 0.25) is 0 Å². The number of fused-ring (bicyclic) bond motifs is 2. The first-order valence-electron chi connectivity index (χ1n) is 12.4. The van der Waals surface area contributed by atoms with Crippen molar-refractivity contribution >= 4 is 21.5 Å². The number of aromatic nitrogens is 2. The van der Waals surface area contributed by atoms with Gasteiger partial charge in [-0.25, -0.2) is 0 Å². The van der Waals surface area contributed by atoms with Gasteiger partial charge in [-0.15, -0.1) is 35.4 Å². The van der Waals surface area contributed by atoms with Crippen LogP contribution in [-0.4, -0.2) is 9.97 Å². The first kappa shape index (κ1) is 25.8. The minimum Gasteiger partial charge on any atom is -0.496 e. The summed E-state index contributed by atoms with van der Waals surface area (Å²) < 4.78 is 6.43. The molecule has 3 nitrogen and oxygen atoms in total. The quantitative estimate of drug-likeness (QED) is 0.176. The van der Waals surface area contributed by atoms with Crippen LogP contribution in [0.4, 0.5) is 0 Å². The van der Waals surface area contributed by atoms with Crippen molar-refractivity contribution in [3.63, 3.8) is 0 Å². The number of nitrogens with zero attached hydrogens (tertiary/aromatic N) is 2. The van der Waals surface area contributed by atoms with Gasteiger partial charge in [0.05, 0.1) is 5.75 Å². The normalized spacial score (nSPS) is 11.3. The minimum absolute atomic E-state index is 0. The molecule has 4 heteroatoms. The number of benzene rings is 4. The van der Waals surface area contributed by atoms with E-state index in [2.05, 4.69) is 91.4 Å². The second kappa shape index (κ2) is 10.5. The molecule has 2 aromatic heterocycles. The number of rotatable bonds is 4. The van der Waals surface area contributed by atoms with Gasteiger partial charge in [-0.2, -0.15) is 0 Å². The maximum absolute atomic E-state index is 6.43. The van der Waals surface area contributed by atoms with Crippen LogP contribution in [0, 0.1) is 12.1 Å². The van der Waals surface area contributed by atoms with E-state index in [0.29, 0.717) is 11.5 Å². The molecule has 0 N–H and O–H groups in total. The number of pyridine rings is 2. The van der Waals surface area contributed by atoms with Gasteiger partial charge in [-0.3, -0.25) is 0 Å². The van der Waals surface area contributed by atoms with E-state index < -0.39 is 0 Å². The fraction of sp³-hybridized carbons (Fsp3) is 0.118. The summed E-state index contributed by atoms with van der Waals surface area (Å²) in [5.41, 5.74) is 4.76. The SMILES string of the molecule is CC(C)(C)c1ccnc(-c2[c-]c(Oc3[c-]c(-c4cc5ccccc5cn4)ccc3)c3ccccc3c2)c1.[Pt+2]. The molecule has 0 aliphatic rings. The second-order valence-electron chi connectivity index (χ2n) is 10.2. The van der Waals surface area contributed by atoms with Crippen LogP contribution in [0.5, 0.6) is 11.5 Å². The fourth-order valence-corrected chi connectivity index (χ4v) is 4.47. The molecule has 0 spiro atoms. The molecule has 0 saturated carbocycles. The molecular formula is C34H26N2OPt. The smallest absolute Gasteiger partial charge is 0.496 e. The van der Waals surface area contributed by atoms with Gasteiger partial charge in [0.15, 0.2) is 0 Å². The topological polar surface area (TPSA) is 35.0 Å². The standard InChI is InChI=1S/C34H26N2O.Pt/c1-34(2,3)28-15-16-35-32(21-28)27-17-24-10-6-7-14-30(24)33(20-27)37-29-13-8-12-25(18-29)31-19-23-9-4-5-11-26(23)22-36-31;/h4-17,19,21-22H,1-3H3;/q-2;+2. The van der Waals surface area contributed by atoms with Crippen molar-refractivity contribution in [3.05, 3.63) is 121 Å². The molecule has 0 amide bonds. The van der Waals surface area contributed by atoms with E-state index in [4.69, 9.17) is 4.74 Å². The van der Waals surface area contributed by atoms with E-state index in [1.807, 2.05) is 54.9 Å². The Morgan fingerprint density at radius 3 is 2.21 bits per heavy atom. The Morgan fingerprint density at radius 2 is 1.39 bits per heavy atom. The summed E-state index contributed by atoms with van der Waals surface area (Å²) in [5, 5.41) is 4.31. The van der Waals surface area contributed by atoms with E-state index in [-0.39, 0.29) is 26.5 Å². The zero-order chi connectivity index (χ0) is 25.4. The fourth-order valence-electron chi connectivity index (χ4n) is 4.47. The average Bonchev–Trinajstić information content (AvgIpc) is 2.92. The van der Waals surface area contributed by atoms with Gasteiger partial charge in [0.1, 0.15) is 0 Å². The van der Waals surface area contributed by atoms with Crippen LogP contribution in [-0.2, 0) is 26.5 Å². The molecule has 0 aliphatic heterocycles. The molecule has 38 heavy (non-hydrogen) atoms. The Kier molecular flexibility index (Phi) is 7.14. The molecule has 0 unspecified atom stereocenters. The summed E-state index contributed by atoms with van der Waals surface area (Å²) in [6.07, 6.45) is 3.77. The summed E-state index contributed by atoms with van der Waals surface area (Å²) >= 11 is 0. The van der Waals surface area contributed by atoms with E-state index in [9.17, 15) is 0 Å². The second-order valence-corrected chi connectivity index (χ2v) is 10.2. The van der Waals surface area contributed by atoms with Crippen molar-refractivity contribution in [1.82, 2.24) is 9.97 Å². The van der Waals surface area contributed by atoms with Crippen LogP contribution < -0.4 is 4.74 Å². The van der Waals surface area contributed by atoms with Crippen molar-refractivity contribution in [3.8, 4) is 34.0 Å². The number of hydrogen-bond donors (Lipinski definition) is 0. The van der Waals surface area contributed by atoms with E-state index in [1.54, 1.807) is 0 Å². The first-order chi connectivity index (χ1) is 17.9. The summed E-state index contributed by atoms with van der Waals surface area (Å²) in [5.74, 6) is 1.26. The van der Waals surface area contributed by atoms with Crippen LogP contribution in [0.3, 0.4) is 0 Å². The van der Waals surface area contributed by atoms with Crippen molar-refractivity contribution < 1.29 is 25.8 Å². The Balaban J connectivity index is 0.00000294. The molecule has 0 saturated heterocycles. The van der Waals surface area contributed by atoms with Gasteiger partial charge < -0.3 is 14.7 Å². The molecule has 2 heterocycles. The van der Waals surface area contributed by atoms with Gasteiger partial charge in [-0.05, 0) is 39.2 Å². The van der Waals surface area contributed by atoms with Crippen molar-refractivity contribution in [2.24, 2.45) is 0 Å². The molecule has 0 fully saturated rings. The van der Waals surface area contributed by atoms with Crippen LogP contribution in [0.15, 0.2) is 103 Å². The predicted molar refractivity (Wildman–Crippen MR) is 151 cm³/mol. The number of hydrogen-bond acceptors (Lipinski definition) is 3. The van der Waals surface area contributed by atoms with Crippen molar-refractivity contribution in [1.29, 1.82) is 0 Å². The van der Waals surface area contributed by atoms with Gasteiger partial charge in [0.2, 0.25) is 0 Å². The molecular weight excluding hydrogens is 647 g/mol. The first-order valence-corrected chi connectivity index (χ1v) is 12.4. The molecule has 0 radical (unpaired) electrons. The molecule has 188 valence electrons. The van der Waals surface area contributed by atoms with Gasteiger partial charge in [-0.1, -0.05) is 104 Å². The van der Waals surface area contributed by atoms with E-state index in [1.165, 1.54) is 5.56 Å². The van der Waals surface area contributed by atoms with Crippen molar-refractivity contribution in [2.45, 2.75) is 26.2 Å². The Hall–Kier alpha value is -3.81. The zero-order valence-electron chi connectivity index (χ0n) is 21.4. The molecule has 0 bridgehead atoms. The van der Waals surface area contributed by atoms with Crippen molar-refractivity contribution in [2.75, 3.05) is 0 Å². The monoisotopic (exact) mass is 673 g/mol. The molecule has 6 aromatic rings. The average molecular weight is 674 g/mol. The summed E-state index contributed by atoms with van der Waals surface area (Å²) in [7, 11) is 0. The Labute approximate surface area is 237 Å². The third kappa shape index (κ3) is 5.26. The molecule has 0 atom stereocenters. The van der Waals surface area contributed by atoms with E-state index >= 15 is 0 Å². The zero-order valence-corrected chi connectivity index (χ0v) is 23.7. The summed E-state index contributed by atoms with van der Waals surface area (Å²) in [4.78, 5) is 9.31. The maximum Gasteiger partial charge on any atom is 2.00 e. The van der Waals surface area contributed by atoms with Gasteiger partial charge in [0, 0.05) is 18.1 Å². The van der Waals surface area contributed by atoms with Crippen LogP contribution in [0.25, 0.3) is 44.1 Å². The molecule has 4 aromatic carbocycles. The van der Waals surface area contributed by atoms with Gasteiger partial charge in [0.25, 0.3) is 0 Å². The molecule has 6 rings (SSSR count). The predicted octanol–water partition coefficient (Wildman–Crippen LogP) is 8.80. The van der Waals surface area contributed by atoms with E-state index in [0.717, 1.165) is 44.1 Å². The largest absolute Gasteiger partial charge is 2.00 e.